The number of thiol groups is 1. The van der Waals surface area contributed by atoms with Gasteiger partial charge >= 0.3 is 0 Å². The van der Waals surface area contributed by atoms with Crippen LogP contribution in [-0.2, 0) is 44.2 Å². The molecular formula is C45H97N7O11S5+2. The van der Waals surface area contributed by atoms with E-state index in [-0.39, 0.29) is 60.2 Å². The van der Waals surface area contributed by atoms with Gasteiger partial charge in [-0.3, -0.25) is 33.1 Å². The van der Waals surface area contributed by atoms with Gasteiger partial charge in [-0.1, -0.05) is 77.0 Å². The Morgan fingerprint density at radius 1 is 0.588 bits per heavy atom. The molecule has 0 aliphatic carbocycles. The minimum absolute atomic E-state index is 0. The number of carbonyl (C=O) groups excluding carboxylic acids is 5. The summed E-state index contributed by atoms with van der Waals surface area (Å²) in [5, 5.41) is 14.7. The Balaban J connectivity index is -0.000000626. The Kier molecular flexibility index (Phi) is 33.6. The van der Waals surface area contributed by atoms with Crippen molar-refractivity contribution in [3.63, 3.8) is 0 Å². The molecule has 0 saturated heterocycles. The molecule has 0 heterocycles. The van der Waals surface area contributed by atoms with Gasteiger partial charge in [-0.2, -0.15) is 29.5 Å². The Morgan fingerprint density at radius 3 is 1.22 bits per heavy atom. The molecule has 0 fully saturated rings. The summed E-state index contributed by atoms with van der Waals surface area (Å²) in [6.07, 6.45) is 5.27. The lowest BCUT2D eigenvalue weighted by molar-refractivity contribution is -0.890. The van der Waals surface area contributed by atoms with E-state index in [0.717, 1.165) is 43.9 Å². The van der Waals surface area contributed by atoms with Crippen molar-refractivity contribution in [2.24, 2.45) is 28.6 Å². The van der Waals surface area contributed by atoms with Crippen LogP contribution in [0.2, 0.25) is 0 Å². The molecule has 18 nitrogen and oxygen atoms in total. The zero-order valence-corrected chi connectivity index (χ0v) is 47.7. The zero-order valence-electron chi connectivity index (χ0n) is 45.5. The van der Waals surface area contributed by atoms with Gasteiger partial charge in [0.15, 0.2) is 0 Å². The number of amides is 5. The predicted molar refractivity (Wildman–Crippen MR) is 287 cm³/mol. The molecule has 5 amide bonds. The molecule has 0 aliphatic heterocycles. The third-order valence-corrected chi connectivity index (χ3v) is 16.6. The first kappa shape index (κ1) is 66.1. The molecule has 0 aromatic heterocycles. The lowest BCUT2D eigenvalue weighted by Gasteiger charge is -2.31. The molecule has 5 atom stereocenters. The first-order valence-corrected chi connectivity index (χ1v) is 30.5. The van der Waals surface area contributed by atoms with E-state index in [0.29, 0.717) is 99.1 Å². The number of nitrogens with zero attached hydrogens (tertiary/aromatic N) is 2. The van der Waals surface area contributed by atoms with Crippen molar-refractivity contribution in [2.75, 3.05) is 116 Å². The average Bonchev–Trinajstić information content (AvgIpc) is 3.28. The first-order valence-electron chi connectivity index (χ1n) is 25.1. The van der Waals surface area contributed by atoms with Crippen molar-refractivity contribution in [2.45, 2.75) is 113 Å². The van der Waals surface area contributed by atoms with Crippen LogP contribution < -0.4 is 26.6 Å². The highest BCUT2D eigenvalue weighted by molar-refractivity contribution is 8.76. The number of quaternary nitrogens is 2. The summed E-state index contributed by atoms with van der Waals surface area (Å²) in [7, 11) is 3.44. The third kappa shape index (κ3) is 33.7. The van der Waals surface area contributed by atoms with E-state index >= 15 is 0 Å². The van der Waals surface area contributed by atoms with Crippen molar-refractivity contribution < 1.29 is 63.3 Å². The van der Waals surface area contributed by atoms with Crippen LogP contribution in [0.5, 0.6) is 0 Å². The summed E-state index contributed by atoms with van der Waals surface area (Å²) < 4.78 is 72.4. The Bertz CT molecular complexity index is 1740. The Morgan fingerprint density at radius 2 is 0.912 bits per heavy atom. The molecule has 0 aromatic carbocycles. The summed E-state index contributed by atoms with van der Waals surface area (Å²) in [4.78, 5) is 62.2. The smallest absolute Gasteiger partial charge is 0.265 e. The van der Waals surface area contributed by atoms with Crippen LogP contribution in [0.25, 0.3) is 0 Å². The van der Waals surface area contributed by atoms with E-state index < -0.39 is 31.1 Å². The second-order valence-electron chi connectivity index (χ2n) is 19.9. The third-order valence-electron chi connectivity index (χ3n) is 12.4. The summed E-state index contributed by atoms with van der Waals surface area (Å²) in [6, 6.07) is 0. The van der Waals surface area contributed by atoms with Crippen LogP contribution in [0.1, 0.15) is 118 Å². The molecular weight excluding hydrogens is 975 g/mol. The predicted octanol–water partition coefficient (Wildman–Crippen LogP) is 4.78. The van der Waals surface area contributed by atoms with Gasteiger partial charge < -0.3 is 35.6 Å². The van der Waals surface area contributed by atoms with Gasteiger partial charge in [-0.25, -0.2) is 0 Å². The highest BCUT2D eigenvalue weighted by atomic mass is 33.1. The minimum Gasteiger partial charge on any atom is -0.355 e. The fraction of sp³-hybridized carbons (Fsp3) is 0.889. The van der Waals surface area contributed by atoms with Crippen LogP contribution in [-0.4, -0.2) is 180 Å². The van der Waals surface area contributed by atoms with Gasteiger partial charge in [0, 0.05) is 109 Å². The number of hydrogen-bond acceptors (Lipinski definition) is 12. The van der Waals surface area contributed by atoms with Crippen LogP contribution in [0.15, 0.2) is 0 Å². The molecule has 0 radical (unpaired) electrons. The molecule has 23 heteroatoms. The lowest BCUT2D eigenvalue weighted by atomic mass is 9.78. The van der Waals surface area contributed by atoms with E-state index in [1.165, 1.54) is 0 Å². The fourth-order valence-electron chi connectivity index (χ4n) is 7.19. The monoisotopic (exact) mass is 1080 g/mol. The molecule has 68 heavy (non-hydrogen) atoms. The first-order chi connectivity index (χ1) is 32.3. The molecule has 0 rings (SSSR count). The van der Waals surface area contributed by atoms with Gasteiger partial charge in [-0.05, 0) is 32.1 Å². The lowest BCUT2D eigenvalue weighted by Crippen LogP contribution is -2.45. The molecule has 0 saturated carbocycles. The van der Waals surface area contributed by atoms with Crippen molar-refractivity contribution >= 4 is 84.0 Å². The molecule has 7 N–H and O–H groups in total. The maximum atomic E-state index is 13.0. The van der Waals surface area contributed by atoms with Crippen LogP contribution in [0.3, 0.4) is 0 Å². The summed E-state index contributed by atoms with van der Waals surface area (Å²) in [5.74, 6) is 1.01. The zero-order chi connectivity index (χ0) is 54.8. The molecule has 5 unspecified atom stereocenters. The normalized spacial score (nSPS) is 15.4. The highest BCUT2D eigenvalue weighted by Crippen LogP contribution is 2.31. The number of nitrogens with one attached hydrogen (secondary N) is 5. The number of rotatable bonds is 37. The summed E-state index contributed by atoms with van der Waals surface area (Å²) >= 11 is 4.08. The van der Waals surface area contributed by atoms with E-state index in [2.05, 4.69) is 39.2 Å². The van der Waals surface area contributed by atoms with Gasteiger partial charge in [0.05, 0.1) is 65.9 Å². The topological polar surface area (TPSA) is 254 Å². The molecule has 0 aliphatic rings. The van der Waals surface area contributed by atoms with Crippen LogP contribution >= 0.6 is 34.2 Å². The van der Waals surface area contributed by atoms with Crippen molar-refractivity contribution in [3.05, 3.63) is 0 Å². The van der Waals surface area contributed by atoms with Gasteiger partial charge in [0.25, 0.3) is 20.2 Å². The van der Waals surface area contributed by atoms with E-state index in [1.807, 2.05) is 83.6 Å². The maximum Gasteiger partial charge on any atom is 0.265 e. The molecule has 0 aromatic rings. The average molecular weight is 1080 g/mol. The molecule has 406 valence electrons. The second kappa shape index (κ2) is 34.5. The van der Waals surface area contributed by atoms with E-state index in [1.54, 1.807) is 21.6 Å². The quantitative estimate of drug-likeness (QED) is 0.0137. The Labute approximate surface area is 429 Å². The van der Waals surface area contributed by atoms with Crippen molar-refractivity contribution in [1.82, 2.24) is 26.6 Å². The van der Waals surface area contributed by atoms with E-state index in [9.17, 15) is 40.8 Å². The van der Waals surface area contributed by atoms with E-state index in [4.69, 9.17) is 12.1 Å². The maximum absolute atomic E-state index is 13.0. The van der Waals surface area contributed by atoms with Gasteiger partial charge in [-0.15, -0.1) is 0 Å². The summed E-state index contributed by atoms with van der Waals surface area (Å²) in [5.41, 5.74) is -1.27. The second-order valence-corrected chi connectivity index (χ2v) is 26.1. The SMILES string of the molecule is CCC(C)(CC(C)C(=O)NCCS)C(=O)NCCC[N+](C)(C)CCCS(=O)(=O)O.CCC(C)C(=O)NCCSSCCNC(=O)C(C)CC(C)(CC)C(=O)NCCC[N+](C)(C)CCCS(=O)(=O)O.[2H][3H].[3HH]. The Hall–Kier alpha value is -1.86. The van der Waals surface area contributed by atoms with Crippen molar-refractivity contribution in [3.8, 4) is 0 Å². The number of hydrogen-bond donors (Lipinski definition) is 8. The van der Waals surface area contributed by atoms with Gasteiger partial charge in [0.1, 0.15) is 0 Å². The minimum atomic E-state index is -3.94. The fourth-order valence-corrected chi connectivity index (χ4v) is 10.1. The van der Waals surface area contributed by atoms with Crippen molar-refractivity contribution in [1.29, 1.82) is 0 Å². The van der Waals surface area contributed by atoms with Gasteiger partial charge in [0.2, 0.25) is 29.5 Å². The molecule has 0 spiro atoms. The van der Waals surface area contributed by atoms with Crippen LogP contribution in [0.4, 0.5) is 0 Å². The summed E-state index contributed by atoms with van der Waals surface area (Å²) in [6.45, 7) is 20.8. The van der Waals surface area contributed by atoms with Crippen LogP contribution in [0, 0.1) is 28.6 Å². The largest absolute Gasteiger partial charge is 0.355 e. The molecule has 0 bridgehead atoms. The standard InChI is InChI=1S/C26H52N4O6S3.C19H39N3O5S2.2H2/c1-8-21(3)23(31)27-13-17-37-38-18-14-28-24(32)22(4)20-26(5,9-2)25(33)29-12-10-15-30(6,7)16-11-19-39(34,35)36;1-6-19(3,15-16(2)17(23)20-10-13-28)18(24)21-9-7-11-22(4,5)12-8-14-29(25,26)27;;/h21-22H,8-20H2,1-7H3,(H3-,27,28,29,31,32,33,34,35,36);16H,6-15H2,1-5H3,(H3-,20,21,23,24,25,26,27,28);2*1H/p+2/i;;1+2D;1+2. The highest BCUT2D eigenvalue weighted by Gasteiger charge is 2.36. The number of carbonyl (C=O) groups is 5.